The van der Waals surface area contributed by atoms with Gasteiger partial charge in [0.15, 0.2) is 0 Å². The summed E-state index contributed by atoms with van der Waals surface area (Å²) >= 11 is 0. The van der Waals surface area contributed by atoms with Crippen LogP contribution in [0.4, 0.5) is 0 Å². The third-order valence-corrected chi connectivity index (χ3v) is 5.33. The van der Waals surface area contributed by atoms with Gasteiger partial charge in [0, 0.05) is 10.9 Å². The number of nitrogens with one attached hydrogen (secondary N) is 1. The van der Waals surface area contributed by atoms with Gasteiger partial charge in [-0.25, -0.2) is 0 Å². The van der Waals surface area contributed by atoms with Gasteiger partial charge in [-0.1, -0.05) is 36.4 Å². The molecule has 0 saturated heterocycles. The number of thiol groups is 1. The number of hydrogen-bond donors (Lipinski definition) is 2. The lowest BCUT2D eigenvalue weighted by atomic mass is 10.2. The van der Waals surface area contributed by atoms with Crippen LogP contribution in [0.25, 0.3) is 10.9 Å². The predicted octanol–water partition coefficient (Wildman–Crippen LogP) is 3.93. The normalized spacial score (nSPS) is 19.4. The summed E-state index contributed by atoms with van der Waals surface area (Å²) in [6, 6.07) is 20.9. The lowest BCUT2D eigenvalue weighted by Crippen LogP contribution is -2.00. The summed E-state index contributed by atoms with van der Waals surface area (Å²) in [6.45, 7) is 0. The van der Waals surface area contributed by atoms with Gasteiger partial charge >= 0.3 is 0 Å². The largest absolute Gasteiger partial charge is 0.353 e. The Morgan fingerprint density at radius 3 is 2.55 bits per heavy atom. The zero-order valence-electron chi connectivity index (χ0n) is 10.7. The molecule has 3 aromatic rings. The van der Waals surface area contributed by atoms with Crippen molar-refractivity contribution >= 4 is 32.4 Å². The molecule has 2 heterocycles. The highest BCUT2D eigenvalue weighted by molar-refractivity contribution is 8.40. The van der Waals surface area contributed by atoms with E-state index < -0.39 is 10.9 Å². The van der Waals surface area contributed by atoms with Crippen LogP contribution in [-0.4, -0.2) is 15.6 Å². The second-order valence-corrected chi connectivity index (χ2v) is 6.54. The Balaban J connectivity index is 1.78. The molecule has 4 heteroatoms. The highest BCUT2D eigenvalue weighted by Crippen LogP contribution is 2.40. The summed E-state index contributed by atoms with van der Waals surface area (Å²) in [7, 11) is -0.590. The Labute approximate surface area is 119 Å². The third-order valence-electron chi connectivity index (χ3n) is 3.35. The molecule has 0 radical (unpaired) electrons. The van der Waals surface area contributed by atoms with Gasteiger partial charge in [-0.15, -0.1) is 16.0 Å². The van der Waals surface area contributed by atoms with Crippen LogP contribution in [0, 0.1) is 0 Å². The molecule has 1 unspecified atom stereocenters. The number of aromatic amines is 1. The molecule has 0 amide bonds. The van der Waals surface area contributed by atoms with E-state index in [2.05, 4.69) is 57.7 Å². The van der Waals surface area contributed by atoms with E-state index in [1.807, 2.05) is 23.7 Å². The molecular weight excluding hydrogens is 266 g/mol. The lowest BCUT2D eigenvalue weighted by molar-refractivity contribution is 1.27. The SMILES string of the molecule is C1=NN=C(c2cc3ccccc3[nH]2)[SH]1c1ccccc1. The topological polar surface area (TPSA) is 40.5 Å². The highest BCUT2D eigenvalue weighted by Gasteiger charge is 2.19. The van der Waals surface area contributed by atoms with Crippen LogP contribution in [0.15, 0.2) is 75.8 Å². The first kappa shape index (κ1) is 11.5. The van der Waals surface area contributed by atoms with Gasteiger partial charge in [0.1, 0.15) is 5.04 Å². The van der Waals surface area contributed by atoms with Gasteiger partial charge in [-0.3, -0.25) is 0 Å². The molecule has 1 N–H and O–H groups in total. The standard InChI is InChI=1S/C16H13N3S/c1-2-7-13(8-3-1)20-11-17-19-16(20)15-10-12-6-4-5-9-14(12)18-15/h1-11,18,20H. The first-order valence-corrected chi connectivity index (χ1v) is 7.86. The van der Waals surface area contributed by atoms with Gasteiger partial charge in [0.05, 0.1) is 11.2 Å². The van der Waals surface area contributed by atoms with Gasteiger partial charge in [-0.2, -0.15) is 5.10 Å². The lowest BCUT2D eigenvalue weighted by Gasteiger charge is -2.13. The summed E-state index contributed by atoms with van der Waals surface area (Å²) in [5, 5.41) is 10.7. The minimum atomic E-state index is -0.590. The molecule has 0 aliphatic carbocycles. The van der Waals surface area contributed by atoms with Crippen LogP contribution in [0.1, 0.15) is 5.69 Å². The average Bonchev–Trinajstić information content (AvgIpc) is 3.14. The predicted molar refractivity (Wildman–Crippen MR) is 87.0 cm³/mol. The van der Waals surface area contributed by atoms with Crippen molar-refractivity contribution in [3.63, 3.8) is 0 Å². The zero-order valence-corrected chi connectivity index (χ0v) is 11.6. The van der Waals surface area contributed by atoms with Crippen molar-refractivity contribution in [1.82, 2.24) is 4.98 Å². The number of hydrogen-bond acceptors (Lipinski definition) is 2. The Morgan fingerprint density at radius 1 is 0.900 bits per heavy atom. The molecule has 3 nitrogen and oxygen atoms in total. The molecular formula is C16H13N3S. The number of fused-ring (bicyclic) bond motifs is 1. The van der Waals surface area contributed by atoms with Crippen LogP contribution in [-0.2, 0) is 0 Å². The molecule has 1 aliphatic heterocycles. The van der Waals surface area contributed by atoms with E-state index in [1.54, 1.807) is 0 Å². The summed E-state index contributed by atoms with van der Waals surface area (Å²) in [5.41, 5.74) is 4.17. The van der Waals surface area contributed by atoms with E-state index >= 15 is 0 Å². The summed E-state index contributed by atoms with van der Waals surface area (Å²) < 4.78 is 0. The van der Waals surface area contributed by atoms with E-state index in [0.29, 0.717) is 0 Å². The maximum absolute atomic E-state index is 4.34. The van der Waals surface area contributed by atoms with Crippen molar-refractivity contribution in [2.45, 2.75) is 4.90 Å². The molecule has 1 atom stereocenters. The molecule has 0 saturated carbocycles. The molecule has 1 aromatic heterocycles. The molecule has 98 valence electrons. The number of nitrogens with zero attached hydrogens (tertiary/aromatic N) is 2. The van der Waals surface area contributed by atoms with Crippen molar-refractivity contribution in [3.05, 3.63) is 66.4 Å². The maximum atomic E-state index is 4.34. The minimum Gasteiger partial charge on any atom is -0.353 e. The van der Waals surface area contributed by atoms with Gasteiger partial charge in [-0.05, 0) is 29.2 Å². The van der Waals surface area contributed by atoms with Crippen molar-refractivity contribution in [2.75, 3.05) is 0 Å². The van der Waals surface area contributed by atoms with Gasteiger partial charge in [0.2, 0.25) is 0 Å². The number of benzene rings is 2. The quantitative estimate of drug-likeness (QED) is 0.667. The second kappa shape index (κ2) is 4.65. The van der Waals surface area contributed by atoms with Crippen molar-refractivity contribution in [1.29, 1.82) is 0 Å². The van der Waals surface area contributed by atoms with Crippen molar-refractivity contribution in [2.24, 2.45) is 10.2 Å². The Morgan fingerprint density at radius 2 is 1.70 bits per heavy atom. The van der Waals surface area contributed by atoms with E-state index in [1.165, 1.54) is 10.3 Å². The Bertz CT molecular complexity index is 785. The highest BCUT2D eigenvalue weighted by atomic mass is 32.2. The molecule has 4 rings (SSSR count). The van der Waals surface area contributed by atoms with E-state index in [-0.39, 0.29) is 0 Å². The van der Waals surface area contributed by atoms with Gasteiger partial charge < -0.3 is 4.98 Å². The number of H-pyrrole nitrogens is 1. The smallest absolute Gasteiger partial charge is 0.132 e. The third kappa shape index (κ3) is 1.85. The number of rotatable bonds is 2. The molecule has 0 spiro atoms. The zero-order chi connectivity index (χ0) is 13.4. The van der Waals surface area contributed by atoms with E-state index in [4.69, 9.17) is 0 Å². The first-order valence-electron chi connectivity index (χ1n) is 6.45. The first-order chi connectivity index (χ1) is 9.92. The molecule has 0 bridgehead atoms. The minimum absolute atomic E-state index is 0.590. The van der Waals surface area contributed by atoms with Crippen LogP contribution < -0.4 is 0 Å². The fourth-order valence-corrected chi connectivity index (χ4v) is 4.05. The van der Waals surface area contributed by atoms with Crippen LogP contribution in [0.3, 0.4) is 0 Å². The summed E-state index contributed by atoms with van der Waals surface area (Å²) in [5.74, 6) is 0. The maximum Gasteiger partial charge on any atom is 0.132 e. The van der Waals surface area contributed by atoms with E-state index in [0.717, 1.165) is 16.3 Å². The second-order valence-electron chi connectivity index (χ2n) is 4.63. The number of aromatic nitrogens is 1. The molecule has 1 aliphatic rings. The molecule has 20 heavy (non-hydrogen) atoms. The summed E-state index contributed by atoms with van der Waals surface area (Å²) in [4.78, 5) is 4.72. The number of para-hydroxylation sites is 1. The molecule has 2 aromatic carbocycles. The Hall–Kier alpha value is -2.33. The fraction of sp³-hybridized carbons (Fsp3) is 0. The van der Waals surface area contributed by atoms with E-state index in [9.17, 15) is 0 Å². The van der Waals surface area contributed by atoms with Crippen LogP contribution in [0.2, 0.25) is 0 Å². The molecule has 0 fully saturated rings. The Kier molecular flexibility index (Phi) is 2.67. The van der Waals surface area contributed by atoms with Crippen molar-refractivity contribution < 1.29 is 0 Å². The van der Waals surface area contributed by atoms with Gasteiger partial charge in [0.25, 0.3) is 0 Å². The van der Waals surface area contributed by atoms with Crippen LogP contribution >= 0.6 is 10.9 Å². The average molecular weight is 279 g/mol. The van der Waals surface area contributed by atoms with Crippen LogP contribution in [0.5, 0.6) is 0 Å². The fourth-order valence-electron chi connectivity index (χ4n) is 2.39. The monoisotopic (exact) mass is 279 g/mol. The van der Waals surface area contributed by atoms with Crippen molar-refractivity contribution in [3.8, 4) is 0 Å². The summed E-state index contributed by atoms with van der Waals surface area (Å²) in [6.07, 6.45) is 0.